The van der Waals surface area contributed by atoms with Crippen LogP contribution in [0.2, 0.25) is 0 Å². The van der Waals surface area contributed by atoms with Gasteiger partial charge in [-0.3, -0.25) is 0 Å². The van der Waals surface area contributed by atoms with Gasteiger partial charge < -0.3 is 11.1 Å². The van der Waals surface area contributed by atoms with Gasteiger partial charge in [0.1, 0.15) is 0 Å². The lowest BCUT2D eigenvalue weighted by Gasteiger charge is -2.03. The van der Waals surface area contributed by atoms with E-state index in [9.17, 15) is 0 Å². The summed E-state index contributed by atoms with van der Waals surface area (Å²) in [4.78, 5) is 4.36. The molecule has 0 aliphatic carbocycles. The number of aliphatic imine (C=N–C) groups is 1. The number of para-hydroxylation sites is 1. The number of nitrogens with zero attached hydrogens (tertiary/aromatic N) is 3. The second kappa shape index (κ2) is 7.47. The summed E-state index contributed by atoms with van der Waals surface area (Å²) in [5.74, 6) is 0.496. The van der Waals surface area contributed by atoms with Crippen molar-refractivity contribution >= 4 is 5.96 Å². The fourth-order valence-electron chi connectivity index (χ4n) is 1.98. The van der Waals surface area contributed by atoms with Crippen LogP contribution in [0.4, 0.5) is 0 Å². The Balaban J connectivity index is 2.01. The molecule has 21 heavy (non-hydrogen) atoms. The molecular formula is C16H23N5. The first-order valence-electron chi connectivity index (χ1n) is 7.35. The molecule has 0 radical (unpaired) electrons. The number of guanidine groups is 1. The summed E-state index contributed by atoms with van der Waals surface area (Å²) >= 11 is 0. The highest BCUT2D eigenvalue weighted by Gasteiger charge is 2.05. The normalized spacial score (nSPS) is 11.6. The Hall–Kier alpha value is -2.30. The van der Waals surface area contributed by atoms with Crippen molar-refractivity contribution in [3.63, 3.8) is 0 Å². The Morgan fingerprint density at radius 3 is 2.81 bits per heavy atom. The topological polar surface area (TPSA) is 68.2 Å². The van der Waals surface area contributed by atoms with Gasteiger partial charge in [-0.25, -0.2) is 9.67 Å². The van der Waals surface area contributed by atoms with E-state index in [1.54, 1.807) is 0 Å². The Morgan fingerprint density at radius 1 is 1.33 bits per heavy atom. The fourth-order valence-corrected chi connectivity index (χ4v) is 1.98. The quantitative estimate of drug-likeness (QED) is 0.486. The monoisotopic (exact) mass is 285 g/mol. The standard InChI is InChI=1S/C16H23N5/c1-3-4-10-18-16(17)19-11-14-12-21(20-13(14)2)15-8-6-5-7-9-15/h5-9,12H,3-4,10-11H2,1-2H3,(H3,17,18,19). The van der Waals surface area contributed by atoms with E-state index < -0.39 is 0 Å². The summed E-state index contributed by atoms with van der Waals surface area (Å²) in [7, 11) is 0. The summed E-state index contributed by atoms with van der Waals surface area (Å²) in [5, 5.41) is 7.63. The second-order valence-corrected chi connectivity index (χ2v) is 5.00. The van der Waals surface area contributed by atoms with Crippen molar-refractivity contribution in [2.24, 2.45) is 10.7 Å². The Kier molecular flexibility index (Phi) is 5.37. The highest BCUT2D eigenvalue weighted by molar-refractivity contribution is 5.77. The number of unbranched alkanes of at least 4 members (excludes halogenated alkanes) is 1. The van der Waals surface area contributed by atoms with Crippen LogP contribution in [0.1, 0.15) is 31.0 Å². The second-order valence-electron chi connectivity index (χ2n) is 5.00. The first-order valence-corrected chi connectivity index (χ1v) is 7.35. The van der Waals surface area contributed by atoms with Gasteiger partial charge >= 0.3 is 0 Å². The molecule has 0 saturated heterocycles. The minimum atomic E-state index is 0.496. The Labute approximate surface area is 125 Å². The molecule has 0 aliphatic heterocycles. The molecular weight excluding hydrogens is 262 g/mol. The summed E-state index contributed by atoms with van der Waals surface area (Å²) < 4.78 is 1.88. The molecule has 112 valence electrons. The molecule has 2 rings (SSSR count). The minimum Gasteiger partial charge on any atom is -0.370 e. The first-order chi connectivity index (χ1) is 10.2. The van der Waals surface area contributed by atoms with E-state index in [-0.39, 0.29) is 0 Å². The highest BCUT2D eigenvalue weighted by atomic mass is 15.3. The molecule has 0 atom stereocenters. The molecule has 0 saturated carbocycles. The van der Waals surface area contributed by atoms with Gasteiger partial charge in [0.05, 0.1) is 17.9 Å². The molecule has 0 fully saturated rings. The number of aryl methyl sites for hydroxylation is 1. The smallest absolute Gasteiger partial charge is 0.188 e. The van der Waals surface area contributed by atoms with Crippen LogP contribution in [-0.4, -0.2) is 22.3 Å². The van der Waals surface area contributed by atoms with Crippen LogP contribution >= 0.6 is 0 Å². The van der Waals surface area contributed by atoms with E-state index in [1.807, 2.05) is 48.1 Å². The van der Waals surface area contributed by atoms with Gasteiger partial charge in [0.2, 0.25) is 0 Å². The lowest BCUT2D eigenvalue weighted by atomic mass is 10.3. The largest absolute Gasteiger partial charge is 0.370 e. The number of benzene rings is 1. The molecule has 1 heterocycles. The number of nitrogens with two attached hydrogens (primary N) is 1. The molecule has 0 unspecified atom stereocenters. The van der Waals surface area contributed by atoms with Crippen molar-refractivity contribution in [3.05, 3.63) is 47.8 Å². The van der Waals surface area contributed by atoms with Crippen LogP contribution in [-0.2, 0) is 6.54 Å². The molecule has 2 aromatic rings. The third kappa shape index (κ3) is 4.34. The fraction of sp³-hybridized carbons (Fsp3) is 0.375. The van der Waals surface area contributed by atoms with E-state index >= 15 is 0 Å². The predicted molar refractivity (Wildman–Crippen MR) is 86.5 cm³/mol. The van der Waals surface area contributed by atoms with Crippen molar-refractivity contribution in [1.29, 1.82) is 0 Å². The van der Waals surface area contributed by atoms with Crippen LogP contribution < -0.4 is 11.1 Å². The average molecular weight is 285 g/mol. The Morgan fingerprint density at radius 2 is 2.10 bits per heavy atom. The molecule has 0 amide bonds. The molecule has 5 heteroatoms. The molecule has 3 N–H and O–H groups in total. The molecule has 0 aliphatic rings. The maximum atomic E-state index is 5.84. The third-order valence-electron chi connectivity index (χ3n) is 3.28. The van der Waals surface area contributed by atoms with E-state index in [0.717, 1.165) is 36.3 Å². The van der Waals surface area contributed by atoms with E-state index in [4.69, 9.17) is 5.73 Å². The van der Waals surface area contributed by atoms with Crippen LogP contribution in [0, 0.1) is 6.92 Å². The van der Waals surface area contributed by atoms with Crippen molar-refractivity contribution in [2.45, 2.75) is 33.2 Å². The van der Waals surface area contributed by atoms with Crippen LogP contribution in [0.5, 0.6) is 0 Å². The molecule has 5 nitrogen and oxygen atoms in total. The number of rotatable bonds is 6. The van der Waals surface area contributed by atoms with Gasteiger partial charge in [-0.2, -0.15) is 5.10 Å². The number of hydrogen-bond donors (Lipinski definition) is 2. The lowest BCUT2D eigenvalue weighted by Crippen LogP contribution is -2.32. The van der Waals surface area contributed by atoms with Gasteiger partial charge in [0, 0.05) is 18.3 Å². The zero-order chi connectivity index (χ0) is 15.1. The summed E-state index contributed by atoms with van der Waals surface area (Å²) in [6.45, 7) is 5.55. The maximum absolute atomic E-state index is 5.84. The molecule has 1 aromatic carbocycles. The number of aromatic nitrogens is 2. The maximum Gasteiger partial charge on any atom is 0.188 e. The SMILES string of the molecule is CCCCNC(N)=NCc1cn(-c2ccccc2)nc1C. The molecule has 1 aromatic heterocycles. The van der Waals surface area contributed by atoms with Gasteiger partial charge in [0.15, 0.2) is 5.96 Å². The number of nitrogens with one attached hydrogen (secondary N) is 1. The summed E-state index contributed by atoms with van der Waals surface area (Å²) in [6, 6.07) is 10.0. The van der Waals surface area contributed by atoms with Gasteiger partial charge in [-0.15, -0.1) is 0 Å². The lowest BCUT2D eigenvalue weighted by molar-refractivity contribution is 0.748. The van der Waals surface area contributed by atoms with Gasteiger partial charge in [0.25, 0.3) is 0 Å². The van der Waals surface area contributed by atoms with Crippen molar-refractivity contribution in [2.75, 3.05) is 6.54 Å². The average Bonchev–Trinajstić information content (AvgIpc) is 2.87. The van der Waals surface area contributed by atoms with Gasteiger partial charge in [-0.05, 0) is 25.5 Å². The van der Waals surface area contributed by atoms with Gasteiger partial charge in [-0.1, -0.05) is 31.5 Å². The van der Waals surface area contributed by atoms with E-state index in [2.05, 4.69) is 22.3 Å². The highest BCUT2D eigenvalue weighted by Crippen LogP contribution is 2.12. The third-order valence-corrected chi connectivity index (χ3v) is 3.28. The summed E-state index contributed by atoms with van der Waals surface area (Å²) in [6.07, 6.45) is 4.25. The van der Waals surface area contributed by atoms with Crippen molar-refractivity contribution < 1.29 is 0 Å². The van der Waals surface area contributed by atoms with Crippen LogP contribution in [0.15, 0.2) is 41.5 Å². The predicted octanol–water partition coefficient (Wildman–Crippen LogP) is 2.39. The molecule has 0 bridgehead atoms. The summed E-state index contributed by atoms with van der Waals surface area (Å²) in [5.41, 5.74) is 8.95. The van der Waals surface area contributed by atoms with Crippen molar-refractivity contribution in [3.8, 4) is 5.69 Å². The van der Waals surface area contributed by atoms with Crippen LogP contribution in [0.25, 0.3) is 5.69 Å². The molecule has 0 spiro atoms. The number of hydrogen-bond acceptors (Lipinski definition) is 2. The first kappa shape index (κ1) is 15.1. The van der Waals surface area contributed by atoms with E-state index in [1.165, 1.54) is 0 Å². The van der Waals surface area contributed by atoms with Crippen LogP contribution in [0.3, 0.4) is 0 Å². The Bertz CT molecular complexity index is 586. The minimum absolute atomic E-state index is 0.496. The zero-order valence-electron chi connectivity index (χ0n) is 12.7. The zero-order valence-corrected chi connectivity index (χ0v) is 12.7. The van der Waals surface area contributed by atoms with Crippen molar-refractivity contribution in [1.82, 2.24) is 15.1 Å². The van der Waals surface area contributed by atoms with E-state index in [0.29, 0.717) is 12.5 Å².